The van der Waals surface area contributed by atoms with E-state index < -0.39 is 10.0 Å². The maximum atomic E-state index is 12.6. The van der Waals surface area contributed by atoms with Crippen LogP contribution in [0, 0.1) is 0 Å². The smallest absolute Gasteiger partial charge is 0.243 e. The molecule has 0 unspecified atom stereocenters. The lowest BCUT2D eigenvalue weighted by molar-refractivity contribution is 0.101. The molecule has 0 aromatic heterocycles. The van der Waals surface area contributed by atoms with Gasteiger partial charge in [-0.3, -0.25) is 4.79 Å². The number of benzene rings is 1. The topological polar surface area (TPSA) is 57.7 Å². The van der Waals surface area contributed by atoms with Gasteiger partial charge >= 0.3 is 0 Å². The Morgan fingerprint density at radius 3 is 2.40 bits per heavy atom. The van der Waals surface area contributed by atoms with Crippen molar-refractivity contribution in [1.29, 1.82) is 0 Å². The van der Waals surface area contributed by atoms with Gasteiger partial charge in [-0.15, -0.1) is 0 Å². The van der Waals surface area contributed by atoms with Crippen LogP contribution in [0.15, 0.2) is 29.2 Å². The molecule has 6 heteroatoms. The highest BCUT2D eigenvalue weighted by molar-refractivity contribution is 7.89. The number of piperazine rings is 1. The van der Waals surface area contributed by atoms with E-state index in [0.29, 0.717) is 18.7 Å². The van der Waals surface area contributed by atoms with Crippen molar-refractivity contribution in [3.05, 3.63) is 29.8 Å². The lowest BCUT2D eigenvalue weighted by atomic mass is 10.2. The summed E-state index contributed by atoms with van der Waals surface area (Å²) < 4.78 is 26.6. The van der Waals surface area contributed by atoms with Crippen molar-refractivity contribution in [3.8, 4) is 0 Å². The summed E-state index contributed by atoms with van der Waals surface area (Å²) in [6, 6.07) is 6.26. The molecule has 2 rings (SSSR count). The predicted octanol–water partition coefficient (Wildman–Crippen LogP) is 1.22. The lowest BCUT2D eigenvalue weighted by Gasteiger charge is -2.33. The number of hydrogen-bond acceptors (Lipinski definition) is 4. The highest BCUT2D eigenvalue weighted by atomic mass is 32.2. The molecule has 1 heterocycles. The third-order valence-electron chi connectivity index (χ3n) is 3.66. The number of ketones is 1. The molecule has 0 radical (unpaired) electrons. The average molecular weight is 296 g/mol. The van der Waals surface area contributed by atoms with Crippen molar-refractivity contribution in [2.45, 2.75) is 18.7 Å². The second-order valence-electron chi connectivity index (χ2n) is 4.92. The predicted molar refractivity (Wildman–Crippen MR) is 77.3 cm³/mol. The first kappa shape index (κ1) is 15.2. The van der Waals surface area contributed by atoms with Crippen LogP contribution in [0.2, 0.25) is 0 Å². The third kappa shape index (κ3) is 3.08. The molecular formula is C14H20N2O3S. The van der Waals surface area contributed by atoms with Crippen LogP contribution in [0.25, 0.3) is 0 Å². The third-order valence-corrected chi connectivity index (χ3v) is 5.55. The van der Waals surface area contributed by atoms with Crippen LogP contribution in [0.1, 0.15) is 24.2 Å². The molecule has 1 aromatic carbocycles. The Morgan fingerprint density at radius 1 is 1.20 bits per heavy atom. The molecule has 5 nitrogen and oxygen atoms in total. The van der Waals surface area contributed by atoms with Crippen LogP contribution in [-0.2, 0) is 10.0 Å². The van der Waals surface area contributed by atoms with E-state index in [2.05, 4.69) is 11.8 Å². The van der Waals surface area contributed by atoms with Crippen LogP contribution in [0.4, 0.5) is 0 Å². The summed E-state index contributed by atoms with van der Waals surface area (Å²) in [5.74, 6) is -0.127. The van der Waals surface area contributed by atoms with E-state index in [0.717, 1.165) is 19.6 Å². The van der Waals surface area contributed by atoms with E-state index in [1.54, 1.807) is 18.2 Å². The zero-order valence-corrected chi connectivity index (χ0v) is 12.7. The SMILES string of the molecule is CCN1CCN(S(=O)(=O)c2cccc(C(C)=O)c2)CC1. The van der Waals surface area contributed by atoms with Gasteiger partial charge in [0.05, 0.1) is 4.90 Å². The number of carbonyl (C=O) groups excluding carboxylic acids is 1. The van der Waals surface area contributed by atoms with Crippen LogP contribution in [0.3, 0.4) is 0 Å². The summed E-state index contributed by atoms with van der Waals surface area (Å²) in [4.78, 5) is 13.8. The van der Waals surface area contributed by atoms with Crippen molar-refractivity contribution in [2.75, 3.05) is 32.7 Å². The Labute approximate surface area is 120 Å². The number of sulfonamides is 1. The van der Waals surface area contributed by atoms with Crippen LogP contribution < -0.4 is 0 Å². The van der Waals surface area contributed by atoms with Crippen LogP contribution in [-0.4, -0.2) is 56.1 Å². The molecule has 0 atom stereocenters. The van der Waals surface area contributed by atoms with Crippen molar-refractivity contribution in [2.24, 2.45) is 0 Å². The van der Waals surface area contributed by atoms with E-state index in [-0.39, 0.29) is 10.7 Å². The largest absolute Gasteiger partial charge is 0.301 e. The molecule has 0 bridgehead atoms. The molecule has 20 heavy (non-hydrogen) atoms. The highest BCUT2D eigenvalue weighted by Gasteiger charge is 2.28. The molecular weight excluding hydrogens is 276 g/mol. The minimum absolute atomic E-state index is 0.127. The molecule has 1 aliphatic heterocycles. The zero-order valence-electron chi connectivity index (χ0n) is 11.9. The molecule has 0 amide bonds. The van der Waals surface area contributed by atoms with Gasteiger partial charge < -0.3 is 4.90 Å². The first-order valence-electron chi connectivity index (χ1n) is 6.78. The number of carbonyl (C=O) groups is 1. The maximum absolute atomic E-state index is 12.6. The lowest BCUT2D eigenvalue weighted by Crippen LogP contribution is -2.48. The van der Waals surface area contributed by atoms with Gasteiger partial charge in [-0.05, 0) is 25.6 Å². The fraction of sp³-hybridized carbons (Fsp3) is 0.500. The fourth-order valence-corrected chi connectivity index (χ4v) is 3.78. The van der Waals surface area contributed by atoms with Gasteiger partial charge in [0.1, 0.15) is 0 Å². The minimum atomic E-state index is -3.50. The molecule has 0 spiro atoms. The summed E-state index contributed by atoms with van der Waals surface area (Å²) in [5.41, 5.74) is 0.429. The van der Waals surface area contributed by atoms with Gasteiger partial charge in [-0.1, -0.05) is 19.1 Å². The zero-order chi connectivity index (χ0) is 14.8. The Bertz CT molecular complexity index is 590. The van der Waals surface area contributed by atoms with Crippen molar-refractivity contribution in [1.82, 2.24) is 9.21 Å². The van der Waals surface area contributed by atoms with Gasteiger partial charge in [0, 0.05) is 31.7 Å². The molecule has 0 aliphatic carbocycles. The van der Waals surface area contributed by atoms with E-state index in [4.69, 9.17) is 0 Å². The summed E-state index contributed by atoms with van der Waals surface area (Å²) in [6.45, 7) is 6.95. The molecule has 1 aliphatic rings. The first-order valence-corrected chi connectivity index (χ1v) is 8.22. The average Bonchev–Trinajstić information content (AvgIpc) is 2.47. The fourth-order valence-electron chi connectivity index (χ4n) is 2.31. The van der Waals surface area contributed by atoms with E-state index in [1.807, 2.05) is 0 Å². The van der Waals surface area contributed by atoms with Gasteiger partial charge in [-0.2, -0.15) is 4.31 Å². The standard InChI is InChI=1S/C14H20N2O3S/c1-3-15-7-9-16(10-8-15)20(18,19)14-6-4-5-13(11-14)12(2)17/h4-6,11H,3,7-10H2,1-2H3. The number of nitrogens with zero attached hydrogens (tertiary/aromatic N) is 2. The second kappa shape index (κ2) is 6.03. The van der Waals surface area contributed by atoms with Gasteiger partial charge in [0.2, 0.25) is 10.0 Å². The van der Waals surface area contributed by atoms with Gasteiger partial charge in [0.15, 0.2) is 5.78 Å². The minimum Gasteiger partial charge on any atom is -0.301 e. The van der Waals surface area contributed by atoms with Gasteiger partial charge in [-0.25, -0.2) is 8.42 Å². The summed E-state index contributed by atoms with van der Waals surface area (Å²) in [5, 5.41) is 0. The Hall–Kier alpha value is -1.24. The molecule has 0 saturated carbocycles. The molecule has 1 saturated heterocycles. The second-order valence-corrected chi connectivity index (χ2v) is 6.86. The monoisotopic (exact) mass is 296 g/mol. The summed E-state index contributed by atoms with van der Waals surface area (Å²) in [6.07, 6.45) is 0. The quantitative estimate of drug-likeness (QED) is 0.784. The van der Waals surface area contributed by atoms with Crippen molar-refractivity contribution < 1.29 is 13.2 Å². The number of hydrogen-bond donors (Lipinski definition) is 0. The van der Waals surface area contributed by atoms with E-state index in [9.17, 15) is 13.2 Å². The molecule has 110 valence electrons. The van der Waals surface area contributed by atoms with Crippen molar-refractivity contribution >= 4 is 15.8 Å². The summed E-state index contributed by atoms with van der Waals surface area (Å²) >= 11 is 0. The van der Waals surface area contributed by atoms with E-state index in [1.165, 1.54) is 17.3 Å². The van der Waals surface area contributed by atoms with Gasteiger partial charge in [0.25, 0.3) is 0 Å². The highest BCUT2D eigenvalue weighted by Crippen LogP contribution is 2.19. The molecule has 1 aromatic rings. The number of rotatable bonds is 4. The normalized spacial score (nSPS) is 18.1. The number of Topliss-reactive ketones (excluding diaryl/α,β-unsaturated/α-hetero) is 1. The Kier molecular flexibility index (Phi) is 4.57. The summed E-state index contributed by atoms with van der Waals surface area (Å²) in [7, 11) is -3.50. The molecule has 0 N–H and O–H groups in total. The first-order chi connectivity index (χ1) is 9.45. The Balaban J connectivity index is 2.23. The number of likely N-dealkylation sites (N-methyl/N-ethyl adjacent to an activating group) is 1. The molecule has 1 fully saturated rings. The maximum Gasteiger partial charge on any atom is 0.243 e. The van der Waals surface area contributed by atoms with E-state index >= 15 is 0 Å². The van der Waals surface area contributed by atoms with Crippen LogP contribution in [0.5, 0.6) is 0 Å². The Morgan fingerprint density at radius 2 is 1.85 bits per heavy atom. The van der Waals surface area contributed by atoms with Crippen LogP contribution >= 0.6 is 0 Å². The van der Waals surface area contributed by atoms with Crippen molar-refractivity contribution in [3.63, 3.8) is 0 Å².